The summed E-state index contributed by atoms with van der Waals surface area (Å²) in [6.45, 7) is 2.24. The molecule has 3 nitrogen and oxygen atoms in total. The maximum absolute atomic E-state index is 11.8. The van der Waals surface area contributed by atoms with Crippen molar-refractivity contribution < 1.29 is 9.53 Å². The number of esters is 1. The minimum Gasteiger partial charge on any atom is -0.462 e. The third-order valence-corrected chi connectivity index (χ3v) is 3.41. The Balaban J connectivity index is 2.07. The zero-order valence-corrected chi connectivity index (χ0v) is 10.3. The lowest BCUT2D eigenvalue weighted by atomic mass is 9.89. The van der Waals surface area contributed by atoms with E-state index in [1.165, 1.54) is 11.1 Å². The molecule has 1 aromatic carbocycles. The number of carbonyl (C=O) groups excluding carboxylic acids is 1. The molecule has 0 bridgehead atoms. The maximum Gasteiger partial charge on any atom is 0.339 e. The molecule has 92 valence electrons. The van der Waals surface area contributed by atoms with Gasteiger partial charge < -0.3 is 9.72 Å². The van der Waals surface area contributed by atoms with Crippen molar-refractivity contribution in [1.29, 1.82) is 0 Å². The number of hydrogen-bond acceptors (Lipinski definition) is 2. The normalized spacial score (nSPS) is 12.7. The van der Waals surface area contributed by atoms with Crippen LogP contribution in [-0.2, 0) is 17.6 Å². The molecule has 1 N–H and O–H groups in total. The quantitative estimate of drug-likeness (QED) is 0.821. The highest BCUT2D eigenvalue weighted by molar-refractivity contribution is 5.94. The van der Waals surface area contributed by atoms with Crippen LogP contribution in [0, 0.1) is 0 Å². The molecule has 0 radical (unpaired) electrons. The number of aromatic nitrogens is 1. The summed E-state index contributed by atoms with van der Waals surface area (Å²) in [6, 6.07) is 8.32. The Morgan fingerprint density at radius 2 is 2.17 bits per heavy atom. The highest BCUT2D eigenvalue weighted by Gasteiger charge is 2.23. The van der Waals surface area contributed by atoms with Crippen LogP contribution in [0.25, 0.3) is 11.3 Å². The second kappa shape index (κ2) is 4.33. The van der Waals surface area contributed by atoms with Gasteiger partial charge in [-0.1, -0.05) is 24.3 Å². The fourth-order valence-electron chi connectivity index (χ4n) is 2.59. The van der Waals surface area contributed by atoms with E-state index < -0.39 is 0 Å². The lowest BCUT2D eigenvalue weighted by Crippen LogP contribution is -2.09. The third-order valence-electron chi connectivity index (χ3n) is 3.41. The van der Waals surface area contributed by atoms with Crippen molar-refractivity contribution >= 4 is 5.97 Å². The number of nitrogens with one attached hydrogen (secondary N) is 1. The molecule has 0 fully saturated rings. The van der Waals surface area contributed by atoms with Crippen LogP contribution in [0.5, 0.6) is 0 Å². The van der Waals surface area contributed by atoms with Gasteiger partial charge >= 0.3 is 5.97 Å². The molecule has 18 heavy (non-hydrogen) atoms. The summed E-state index contributed by atoms with van der Waals surface area (Å²) in [6.07, 6.45) is 3.64. The largest absolute Gasteiger partial charge is 0.462 e. The summed E-state index contributed by atoms with van der Waals surface area (Å²) in [5.41, 5.74) is 5.38. The van der Waals surface area contributed by atoms with Gasteiger partial charge in [-0.15, -0.1) is 0 Å². The molecule has 1 aliphatic carbocycles. The van der Waals surface area contributed by atoms with E-state index in [9.17, 15) is 4.79 Å². The second-order valence-corrected chi connectivity index (χ2v) is 4.43. The standard InChI is InChI=1S/C15H15NO2/c1-2-18-15(17)13-9-16-14-11-6-4-3-5-10(11)7-8-12(13)14/h3-6,9,16H,2,7-8H2,1H3. The van der Waals surface area contributed by atoms with Crippen molar-refractivity contribution in [2.75, 3.05) is 6.61 Å². The van der Waals surface area contributed by atoms with E-state index in [1.54, 1.807) is 6.20 Å². The Morgan fingerprint density at radius 3 is 3.00 bits per heavy atom. The number of aryl methyl sites for hydroxylation is 1. The number of carbonyl (C=O) groups is 1. The van der Waals surface area contributed by atoms with Gasteiger partial charge in [0, 0.05) is 17.5 Å². The summed E-state index contributed by atoms with van der Waals surface area (Å²) in [7, 11) is 0. The monoisotopic (exact) mass is 241 g/mol. The summed E-state index contributed by atoms with van der Waals surface area (Å²) >= 11 is 0. The Kier molecular flexibility index (Phi) is 2.67. The SMILES string of the molecule is CCOC(=O)c1c[nH]c2c1CCc1ccccc1-2. The van der Waals surface area contributed by atoms with E-state index in [2.05, 4.69) is 23.2 Å². The van der Waals surface area contributed by atoms with Crippen LogP contribution in [0.3, 0.4) is 0 Å². The topological polar surface area (TPSA) is 42.1 Å². The molecular weight excluding hydrogens is 226 g/mol. The van der Waals surface area contributed by atoms with Gasteiger partial charge in [-0.25, -0.2) is 4.79 Å². The van der Waals surface area contributed by atoms with Crippen molar-refractivity contribution in [3.8, 4) is 11.3 Å². The molecule has 0 saturated heterocycles. The number of fused-ring (bicyclic) bond motifs is 3. The van der Waals surface area contributed by atoms with Crippen LogP contribution in [0.4, 0.5) is 0 Å². The highest BCUT2D eigenvalue weighted by Crippen LogP contribution is 2.34. The lowest BCUT2D eigenvalue weighted by Gasteiger charge is -2.16. The van der Waals surface area contributed by atoms with E-state index in [4.69, 9.17) is 4.74 Å². The van der Waals surface area contributed by atoms with Crippen molar-refractivity contribution in [1.82, 2.24) is 4.98 Å². The molecule has 2 aromatic rings. The molecule has 0 saturated carbocycles. The second-order valence-electron chi connectivity index (χ2n) is 4.43. The van der Waals surface area contributed by atoms with Crippen LogP contribution in [0.15, 0.2) is 30.5 Å². The molecule has 0 atom stereocenters. The van der Waals surface area contributed by atoms with Gasteiger partial charge in [-0.3, -0.25) is 0 Å². The highest BCUT2D eigenvalue weighted by atomic mass is 16.5. The molecule has 3 rings (SSSR count). The zero-order chi connectivity index (χ0) is 12.5. The van der Waals surface area contributed by atoms with Crippen LogP contribution in [-0.4, -0.2) is 17.6 Å². The van der Waals surface area contributed by atoms with Gasteiger partial charge in [0.2, 0.25) is 0 Å². The molecule has 0 unspecified atom stereocenters. The molecule has 3 heteroatoms. The molecule has 0 amide bonds. The number of aromatic amines is 1. The molecular formula is C15H15NO2. The number of rotatable bonds is 2. The van der Waals surface area contributed by atoms with Gasteiger partial charge in [0.1, 0.15) is 0 Å². The molecule has 1 heterocycles. The van der Waals surface area contributed by atoms with Gasteiger partial charge in [0.15, 0.2) is 0 Å². The van der Waals surface area contributed by atoms with E-state index in [0.717, 1.165) is 24.1 Å². The van der Waals surface area contributed by atoms with Crippen LogP contribution < -0.4 is 0 Å². The number of benzene rings is 1. The predicted molar refractivity (Wildman–Crippen MR) is 69.6 cm³/mol. The summed E-state index contributed by atoms with van der Waals surface area (Å²) in [5.74, 6) is -0.227. The third kappa shape index (κ3) is 1.63. The molecule has 0 aliphatic heterocycles. The Bertz CT molecular complexity index is 598. The Labute approximate surface area is 106 Å². The molecule has 1 aliphatic rings. The first-order valence-corrected chi connectivity index (χ1v) is 6.27. The minimum absolute atomic E-state index is 0.227. The summed E-state index contributed by atoms with van der Waals surface area (Å²) in [4.78, 5) is 15.1. The molecule has 0 spiro atoms. The van der Waals surface area contributed by atoms with Crippen LogP contribution >= 0.6 is 0 Å². The summed E-state index contributed by atoms with van der Waals surface area (Å²) in [5, 5.41) is 0. The molecule has 1 aromatic heterocycles. The number of H-pyrrole nitrogens is 1. The smallest absolute Gasteiger partial charge is 0.339 e. The van der Waals surface area contributed by atoms with Crippen molar-refractivity contribution in [3.63, 3.8) is 0 Å². The first-order chi connectivity index (χ1) is 8.81. The number of hydrogen-bond donors (Lipinski definition) is 1. The van der Waals surface area contributed by atoms with Crippen molar-refractivity contribution in [2.24, 2.45) is 0 Å². The van der Waals surface area contributed by atoms with E-state index in [0.29, 0.717) is 12.2 Å². The van der Waals surface area contributed by atoms with Crippen molar-refractivity contribution in [3.05, 3.63) is 47.2 Å². The first-order valence-electron chi connectivity index (χ1n) is 6.27. The fraction of sp³-hybridized carbons (Fsp3) is 0.267. The zero-order valence-electron chi connectivity index (χ0n) is 10.3. The van der Waals surface area contributed by atoms with E-state index in [-0.39, 0.29) is 5.97 Å². The minimum atomic E-state index is -0.227. The van der Waals surface area contributed by atoms with Crippen LogP contribution in [0.1, 0.15) is 28.4 Å². The van der Waals surface area contributed by atoms with E-state index in [1.807, 2.05) is 13.0 Å². The lowest BCUT2D eigenvalue weighted by molar-refractivity contribution is 0.0525. The first kappa shape index (κ1) is 11.1. The van der Waals surface area contributed by atoms with E-state index >= 15 is 0 Å². The predicted octanol–water partition coefficient (Wildman–Crippen LogP) is 2.96. The van der Waals surface area contributed by atoms with Gasteiger partial charge in [-0.2, -0.15) is 0 Å². The average Bonchev–Trinajstić information content (AvgIpc) is 2.83. The Hall–Kier alpha value is -2.03. The van der Waals surface area contributed by atoms with Gasteiger partial charge in [-0.05, 0) is 30.9 Å². The van der Waals surface area contributed by atoms with Gasteiger partial charge in [0.05, 0.1) is 12.2 Å². The fourth-order valence-corrected chi connectivity index (χ4v) is 2.59. The van der Waals surface area contributed by atoms with Crippen molar-refractivity contribution in [2.45, 2.75) is 19.8 Å². The van der Waals surface area contributed by atoms with Gasteiger partial charge in [0.25, 0.3) is 0 Å². The number of ether oxygens (including phenoxy) is 1. The summed E-state index contributed by atoms with van der Waals surface area (Å²) < 4.78 is 5.08. The maximum atomic E-state index is 11.8. The van der Waals surface area contributed by atoms with Crippen LogP contribution in [0.2, 0.25) is 0 Å². The average molecular weight is 241 g/mol. The Morgan fingerprint density at radius 1 is 1.33 bits per heavy atom.